The van der Waals surface area contributed by atoms with E-state index in [1.165, 1.54) is 11.1 Å². The molecule has 43 heavy (non-hydrogen) atoms. The van der Waals surface area contributed by atoms with Crippen LogP contribution >= 0.6 is 11.3 Å². The summed E-state index contributed by atoms with van der Waals surface area (Å²) in [6, 6.07) is 25.1. The molecule has 1 amide bonds. The molecule has 0 saturated heterocycles. The normalized spacial score (nSPS) is 12.7. The summed E-state index contributed by atoms with van der Waals surface area (Å²) in [7, 11) is 4.05. The zero-order valence-electron chi connectivity index (χ0n) is 25.9. The minimum Gasteiger partial charge on any atom is -0.454 e. The number of benzene rings is 3. The second-order valence-electron chi connectivity index (χ2n) is 12.4. The van der Waals surface area contributed by atoms with Crippen molar-refractivity contribution in [2.75, 3.05) is 34.0 Å². The first-order valence-corrected chi connectivity index (χ1v) is 15.6. The second-order valence-corrected chi connectivity index (χ2v) is 13.4. The van der Waals surface area contributed by atoms with E-state index in [2.05, 4.69) is 79.1 Å². The van der Waals surface area contributed by atoms with E-state index in [-0.39, 0.29) is 18.1 Å². The van der Waals surface area contributed by atoms with Crippen LogP contribution in [-0.4, -0.2) is 59.6 Å². The molecule has 0 aliphatic carbocycles. The molecule has 0 saturated carbocycles. The number of carbonyl (C=O) groups is 1. The van der Waals surface area contributed by atoms with Crippen LogP contribution in [0.2, 0.25) is 0 Å². The van der Waals surface area contributed by atoms with Crippen LogP contribution < -0.4 is 9.47 Å². The number of ether oxygens (including phenoxy) is 2. The summed E-state index contributed by atoms with van der Waals surface area (Å²) < 4.78 is 11.2. The molecular formula is C35H42N4O3S. The Kier molecular flexibility index (Phi) is 9.80. The highest BCUT2D eigenvalue weighted by atomic mass is 32.1. The van der Waals surface area contributed by atoms with Crippen LogP contribution in [0.4, 0.5) is 0 Å². The summed E-state index contributed by atoms with van der Waals surface area (Å²) in [5.74, 6) is 1.53. The lowest BCUT2D eigenvalue weighted by molar-refractivity contribution is 0.0726. The van der Waals surface area contributed by atoms with E-state index < -0.39 is 0 Å². The predicted molar refractivity (Wildman–Crippen MR) is 173 cm³/mol. The van der Waals surface area contributed by atoms with Crippen LogP contribution in [-0.2, 0) is 31.6 Å². The molecule has 226 valence electrons. The SMILES string of the molecule is CN(C)CCN(Cc1ccccc1)C(=O)c1csc(CN(Cc2ccc(C(C)(C)C)cc2)Cc2ccc3c(c2)OCO3)n1. The maximum atomic E-state index is 13.7. The van der Waals surface area contributed by atoms with Crippen molar-refractivity contribution in [2.24, 2.45) is 0 Å². The first kappa shape index (κ1) is 30.7. The Balaban J connectivity index is 1.34. The molecule has 8 heteroatoms. The van der Waals surface area contributed by atoms with Crippen LogP contribution in [0.1, 0.15) is 58.5 Å². The number of aromatic nitrogens is 1. The summed E-state index contributed by atoms with van der Waals surface area (Å²) in [6.07, 6.45) is 0. The molecule has 0 fully saturated rings. The van der Waals surface area contributed by atoms with Crippen LogP contribution in [0.3, 0.4) is 0 Å². The summed E-state index contributed by atoms with van der Waals surface area (Å²) in [5.41, 5.74) is 5.41. The van der Waals surface area contributed by atoms with Gasteiger partial charge in [0, 0.05) is 38.1 Å². The molecule has 1 aliphatic rings. The van der Waals surface area contributed by atoms with Crippen molar-refractivity contribution in [1.29, 1.82) is 0 Å². The van der Waals surface area contributed by atoms with Crippen LogP contribution in [0, 0.1) is 0 Å². The fourth-order valence-electron chi connectivity index (χ4n) is 5.05. The number of hydrogen-bond donors (Lipinski definition) is 0. The van der Waals surface area contributed by atoms with Crippen molar-refractivity contribution in [1.82, 2.24) is 19.7 Å². The Hall–Kier alpha value is -3.72. The maximum absolute atomic E-state index is 13.7. The van der Waals surface area contributed by atoms with Gasteiger partial charge in [0.05, 0.1) is 6.54 Å². The van der Waals surface area contributed by atoms with Gasteiger partial charge in [-0.3, -0.25) is 9.69 Å². The van der Waals surface area contributed by atoms with Gasteiger partial charge in [-0.15, -0.1) is 11.3 Å². The average molecular weight is 599 g/mol. The Bertz CT molecular complexity index is 1500. The Morgan fingerprint density at radius 3 is 2.21 bits per heavy atom. The zero-order chi connectivity index (χ0) is 30.4. The van der Waals surface area contributed by atoms with Gasteiger partial charge in [-0.1, -0.05) is 81.4 Å². The third-order valence-electron chi connectivity index (χ3n) is 7.52. The molecule has 1 aliphatic heterocycles. The zero-order valence-corrected chi connectivity index (χ0v) is 26.7. The van der Waals surface area contributed by atoms with E-state index >= 15 is 0 Å². The minimum atomic E-state index is -0.0340. The summed E-state index contributed by atoms with van der Waals surface area (Å²) in [6.45, 7) is 11.0. The van der Waals surface area contributed by atoms with Gasteiger partial charge in [0.1, 0.15) is 10.7 Å². The number of nitrogens with zero attached hydrogens (tertiary/aromatic N) is 4. The molecule has 0 spiro atoms. The smallest absolute Gasteiger partial charge is 0.273 e. The van der Waals surface area contributed by atoms with Gasteiger partial charge in [-0.25, -0.2) is 4.98 Å². The van der Waals surface area contributed by atoms with E-state index in [1.807, 2.05) is 48.6 Å². The van der Waals surface area contributed by atoms with Crippen molar-refractivity contribution >= 4 is 17.2 Å². The first-order chi connectivity index (χ1) is 20.6. The minimum absolute atomic E-state index is 0.0340. The number of amides is 1. The van der Waals surface area contributed by atoms with Gasteiger partial charge in [0.15, 0.2) is 11.5 Å². The lowest BCUT2D eigenvalue weighted by Crippen LogP contribution is -2.36. The van der Waals surface area contributed by atoms with Gasteiger partial charge in [-0.2, -0.15) is 0 Å². The molecular weight excluding hydrogens is 556 g/mol. The summed E-state index contributed by atoms with van der Waals surface area (Å²) in [5, 5.41) is 2.82. The molecule has 0 radical (unpaired) electrons. The maximum Gasteiger partial charge on any atom is 0.273 e. The lowest BCUT2D eigenvalue weighted by Gasteiger charge is -2.24. The Morgan fingerprint density at radius 2 is 1.49 bits per heavy atom. The molecule has 0 unspecified atom stereocenters. The number of thiazole rings is 1. The van der Waals surface area contributed by atoms with Gasteiger partial charge in [-0.05, 0) is 53.9 Å². The van der Waals surface area contributed by atoms with Crippen molar-refractivity contribution in [3.63, 3.8) is 0 Å². The Morgan fingerprint density at radius 1 is 0.814 bits per heavy atom. The molecule has 0 N–H and O–H groups in total. The van der Waals surface area contributed by atoms with Crippen molar-refractivity contribution in [3.8, 4) is 11.5 Å². The van der Waals surface area contributed by atoms with E-state index in [0.29, 0.717) is 31.9 Å². The fraction of sp³-hybridized carbons (Fsp3) is 0.371. The van der Waals surface area contributed by atoms with Crippen molar-refractivity contribution in [3.05, 3.63) is 111 Å². The van der Waals surface area contributed by atoms with E-state index in [0.717, 1.165) is 40.7 Å². The Labute approximate surface area is 259 Å². The van der Waals surface area contributed by atoms with Crippen LogP contribution in [0.15, 0.2) is 78.2 Å². The molecule has 7 nitrogen and oxygen atoms in total. The second kappa shape index (κ2) is 13.7. The third-order valence-corrected chi connectivity index (χ3v) is 8.35. The topological polar surface area (TPSA) is 58.1 Å². The number of hydrogen-bond acceptors (Lipinski definition) is 7. The number of carbonyl (C=O) groups excluding carboxylic acids is 1. The average Bonchev–Trinajstić information content (AvgIpc) is 3.64. The molecule has 2 heterocycles. The van der Waals surface area contributed by atoms with Gasteiger partial charge < -0.3 is 19.3 Å². The van der Waals surface area contributed by atoms with E-state index in [9.17, 15) is 4.79 Å². The number of rotatable bonds is 12. The molecule has 1 aromatic heterocycles. The van der Waals surface area contributed by atoms with E-state index in [1.54, 1.807) is 11.3 Å². The van der Waals surface area contributed by atoms with Crippen LogP contribution in [0.5, 0.6) is 11.5 Å². The standard InChI is InChI=1S/C35H42N4O3S/c1-35(2,3)29-14-11-27(12-15-29)20-38(21-28-13-16-31-32(19-28)42-25-41-31)23-33-36-30(24-43-33)34(40)39(18-17-37(4)5)22-26-9-7-6-8-10-26/h6-16,19,24H,17-18,20-23,25H2,1-5H3. The largest absolute Gasteiger partial charge is 0.454 e. The molecule has 0 atom stereocenters. The predicted octanol–water partition coefficient (Wildman–Crippen LogP) is 6.58. The van der Waals surface area contributed by atoms with Gasteiger partial charge in [0.2, 0.25) is 6.79 Å². The quantitative estimate of drug-likeness (QED) is 0.184. The molecule has 5 rings (SSSR count). The summed E-state index contributed by atoms with van der Waals surface area (Å²) in [4.78, 5) is 24.9. The lowest BCUT2D eigenvalue weighted by atomic mass is 9.87. The molecule has 0 bridgehead atoms. The van der Waals surface area contributed by atoms with Crippen molar-refractivity contribution < 1.29 is 14.3 Å². The molecule has 3 aromatic carbocycles. The number of likely N-dealkylation sites (N-methyl/N-ethyl adjacent to an activating group) is 1. The molecule has 4 aromatic rings. The highest BCUT2D eigenvalue weighted by Gasteiger charge is 2.21. The van der Waals surface area contributed by atoms with Gasteiger partial charge >= 0.3 is 0 Å². The third kappa shape index (κ3) is 8.44. The van der Waals surface area contributed by atoms with Crippen LogP contribution in [0.25, 0.3) is 0 Å². The monoisotopic (exact) mass is 598 g/mol. The highest BCUT2D eigenvalue weighted by Crippen LogP contribution is 2.33. The highest BCUT2D eigenvalue weighted by molar-refractivity contribution is 7.09. The summed E-state index contributed by atoms with van der Waals surface area (Å²) >= 11 is 1.55. The van der Waals surface area contributed by atoms with E-state index in [4.69, 9.17) is 14.5 Å². The number of fused-ring (bicyclic) bond motifs is 1. The fourth-order valence-corrected chi connectivity index (χ4v) is 5.85. The first-order valence-electron chi connectivity index (χ1n) is 14.8. The van der Waals surface area contributed by atoms with Crippen molar-refractivity contribution in [2.45, 2.75) is 52.4 Å². The van der Waals surface area contributed by atoms with Gasteiger partial charge in [0.25, 0.3) is 5.91 Å².